The Morgan fingerprint density at radius 3 is 2.94 bits per heavy atom. The van der Waals surface area contributed by atoms with E-state index in [-0.39, 0.29) is 12.0 Å². The monoisotopic (exact) mass is 234 g/mol. The Labute approximate surface area is 101 Å². The lowest BCUT2D eigenvalue weighted by molar-refractivity contribution is 0.0599. The molecular weight excluding hydrogens is 216 g/mol. The van der Waals surface area contributed by atoms with Gasteiger partial charge in [0.05, 0.1) is 12.7 Å². The van der Waals surface area contributed by atoms with Gasteiger partial charge >= 0.3 is 5.97 Å². The first-order valence-electron chi connectivity index (χ1n) is 5.94. The van der Waals surface area contributed by atoms with Crippen molar-refractivity contribution in [1.29, 1.82) is 0 Å². The second-order valence-electron chi connectivity index (χ2n) is 4.31. The van der Waals surface area contributed by atoms with Gasteiger partial charge in [0.1, 0.15) is 0 Å². The van der Waals surface area contributed by atoms with Crippen LogP contribution in [0.3, 0.4) is 0 Å². The molecule has 2 rings (SSSR count). The first kappa shape index (κ1) is 11.9. The molecule has 4 heteroatoms. The van der Waals surface area contributed by atoms with Crippen molar-refractivity contribution >= 4 is 11.7 Å². The Hall–Kier alpha value is -1.55. The van der Waals surface area contributed by atoms with Gasteiger partial charge in [-0.2, -0.15) is 0 Å². The maximum absolute atomic E-state index is 11.8. The van der Waals surface area contributed by atoms with E-state index in [4.69, 9.17) is 10.5 Å². The number of carbonyl (C=O) groups excluding carboxylic acids is 1. The van der Waals surface area contributed by atoms with Gasteiger partial charge in [-0.25, -0.2) is 4.79 Å². The molecule has 1 aromatic rings. The number of piperidine rings is 1. The van der Waals surface area contributed by atoms with Crippen LogP contribution in [0.15, 0.2) is 18.2 Å². The van der Waals surface area contributed by atoms with Crippen molar-refractivity contribution in [2.24, 2.45) is 0 Å². The lowest BCUT2D eigenvalue weighted by Gasteiger charge is -2.25. The molecule has 0 spiro atoms. The highest BCUT2D eigenvalue weighted by atomic mass is 16.5. The molecule has 1 unspecified atom stereocenters. The van der Waals surface area contributed by atoms with Gasteiger partial charge in [0.15, 0.2) is 0 Å². The minimum Gasteiger partial charge on any atom is -0.465 e. The van der Waals surface area contributed by atoms with Gasteiger partial charge in [0.25, 0.3) is 0 Å². The molecule has 0 radical (unpaired) electrons. The van der Waals surface area contributed by atoms with Crippen molar-refractivity contribution in [3.8, 4) is 0 Å². The molecule has 1 atom stereocenters. The minimum absolute atomic E-state index is 0.210. The van der Waals surface area contributed by atoms with Gasteiger partial charge in [-0.15, -0.1) is 0 Å². The van der Waals surface area contributed by atoms with Crippen LogP contribution in [0.25, 0.3) is 0 Å². The van der Waals surface area contributed by atoms with Crippen LogP contribution in [0.5, 0.6) is 0 Å². The highest BCUT2D eigenvalue weighted by molar-refractivity contribution is 5.96. The van der Waals surface area contributed by atoms with E-state index in [1.807, 2.05) is 12.1 Å². The zero-order chi connectivity index (χ0) is 12.3. The topological polar surface area (TPSA) is 64.3 Å². The van der Waals surface area contributed by atoms with E-state index in [1.165, 1.54) is 20.0 Å². The summed E-state index contributed by atoms with van der Waals surface area (Å²) in [5, 5.41) is 3.42. The van der Waals surface area contributed by atoms with Crippen molar-refractivity contribution in [1.82, 2.24) is 5.32 Å². The number of hydrogen-bond acceptors (Lipinski definition) is 4. The average Bonchev–Trinajstić information content (AvgIpc) is 2.38. The Morgan fingerprint density at radius 1 is 1.47 bits per heavy atom. The van der Waals surface area contributed by atoms with Crippen LogP contribution in [0.2, 0.25) is 0 Å². The van der Waals surface area contributed by atoms with Gasteiger partial charge in [-0.3, -0.25) is 0 Å². The summed E-state index contributed by atoms with van der Waals surface area (Å²) in [6.07, 6.45) is 3.40. The fraction of sp³-hybridized carbons (Fsp3) is 0.462. The molecule has 0 bridgehead atoms. The number of methoxy groups -OCH3 is 1. The molecule has 17 heavy (non-hydrogen) atoms. The van der Waals surface area contributed by atoms with Crippen molar-refractivity contribution in [3.63, 3.8) is 0 Å². The highest BCUT2D eigenvalue weighted by Gasteiger charge is 2.23. The summed E-state index contributed by atoms with van der Waals surface area (Å²) in [7, 11) is 1.38. The van der Waals surface area contributed by atoms with Crippen LogP contribution in [0, 0.1) is 0 Å². The third kappa shape index (κ3) is 2.42. The number of nitrogen functional groups attached to an aromatic ring is 1. The van der Waals surface area contributed by atoms with Crippen LogP contribution < -0.4 is 11.1 Å². The fourth-order valence-corrected chi connectivity index (χ4v) is 2.33. The quantitative estimate of drug-likeness (QED) is 0.605. The molecule has 4 nitrogen and oxygen atoms in total. The van der Waals surface area contributed by atoms with E-state index in [9.17, 15) is 4.79 Å². The zero-order valence-electron chi connectivity index (χ0n) is 10.0. The number of ether oxygens (including phenoxy) is 1. The number of anilines is 1. The van der Waals surface area contributed by atoms with Crippen LogP contribution >= 0.6 is 0 Å². The van der Waals surface area contributed by atoms with E-state index < -0.39 is 0 Å². The molecule has 1 fully saturated rings. The molecule has 0 aliphatic carbocycles. The van der Waals surface area contributed by atoms with Crippen molar-refractivity contribution in [3.05, 3.63) is 29.3 Å². The Kier molecular flexibility index (Phi) is 3.64. The predicted octanol–water partition coefficient (Wildman–Crippen LogP) is 1.87. The molecular formula is C13H18N2O2. The van der Waals surface area contributed by atoms with Crippen LogP contribution in [-0.2, 0) is 4.74 Å². The largest absolute Gasteiger partial charge is 0.465 e. The van der Waals surface area contributed by atoms with Crippen molar-refractivity contribution in [2.45, 2.75) is 25.3 Å². The maximum atomic E-state index is 11.8. The first-order chi connectivity index (χ1) is 8.24. The summed E-state index contributed by atoms with van der Waals surface area (Å²) in [4.78, 5) is 11.8. The lowest BCUT2D eigenvalue weighted by atomic mass is 9.93. The molecule has 1 saturated heterocycles. The summed E-state index contributed by atoms with van der Waals surface area (Å²) in [6, 6.07) is 5.78. The second kappa shape index (κ2) is 5.19. The average molecular weight is 234 g/mol. The van der Waals surface area contributed by atoms with Crippen molar-refractivity contribution in [2.75, 3.05) is 19.4 Å². The number of benzene rings is 1. The standard InChI is InChI=1S/C13H18N2O2/c1-17-13(16)12-9(5-4-6-10(12)14)11-7-2-3-8-15-11/h4-6,11,15H,2-3,7-8,14H2,1H3. The molecule has 1 aliphatic rings. The van der Waals surface area contributed by atoms with E-state index >= 15 is 0 Å². The first-order valence-corrected chi connectivity index (χ1v) is 5.94. The fourth-order valence-electron chi connectivity index (χ4n) is 2.33. The molecule has 1 aromatic carbocycles. The van der Waals surface area contributed by atoms with Gasteiger partial charge in [0, 0.05) is 11.7 Å². The molecule has 0 aromatic heterocycles. The molecule has 3 N–H and O–H groups in total. The lowest BCUT2D eigenvalue weighted by Crippen LogP contribution is -2.28. The van der Waals surface area contributed by atoms with Crippen molar-refractivity contribution < 1.29 is 9.53 Å². The number of nitrogens with two attached hydrogens (primary N) is 1. The normalized spacial score (nSPS) is 19.9. The third-order valence-electron chi connectivity index (χ3n) is 3.20. The molecule has 1 heterocycles. The summed E-state index contributed by atoms with van der Waals surface area (Å²) < 4.78 is 4.80. The maximum Gasteiger partial charge on any atom is 0.340 e. The number of esters is 1. The van der Waals surface area contributed by atoms with Gasteiger partial charge in [-0.1, -0.05) is 18.6 Å². The molecule has 0 amide bonds. The van der Waals surface area contributed by atoms with E-state index in [0.29, 0.717) is 11.3 Å². The Balaban J connectivity index is 2.38. The highest BCUT2D eigenvalue weighted by Crippen LogP contribution is 2.29. The summed E-state index contributed by atoms with van der Waals surface area (Å²) >= 11 is 0. The Bertz CT molecular complexity index is 412. The number of hydrogen-bond donors (Lipinski definition) is 2. The van der Waals surface area contributed by atoms with Gasteiger partial charge in [-0.05, 0) is 31.0 Å². The summed E-state index contributed by atoms with van der Waals surface area (Å²) in [6.45, 7) is 0.986. The van der Waals surface area contributed by atoms with Gasteiger partial charge in [0.2, 0.25) is 0 Å². The molecule has 0 saturated carbocycles. The zero-order valence-corrected chi connectivity index (χ0v) is 10.0. The third-order valence-corrected chi connectivity index (χ3v) is 3.20. The number of nitrogens with one attached hydrogen (secondary N) is 1. The molecule has 92 valence electrons. The predicted molar refractivity (Wildman–Crippen MR) is 66.8 cm³/mol. The summed E-state index contributed by atoms with van der Waals surface area (Å²) in [5.74, 6) is -0.356. The SMILES string of the molecule is COC(=O)c1c(N)cccc1C1CCCCN1. The van der Waals surface area contributed by atoms with Crippen LogP contribution in [-0.4, -0.2) is 19.6 Å². The smallest absolute Gasteiger partial charge is 0.340 e. The second-order valence-corrected chi connectivity index (χ2v) is 4.31. The minimum atomic E-state index is -0.356. The van der Waals surface area contributed by atoms with Crippen LogP contribution in [0.1, 0.15) is 41.2 Å². The summed E-state index contributed by atoms with van der Waals surface area (Å²) in [5.41, 5.74) is 7.83. The molecule has 1 aliphatic heterocycles. The van der Waals surface area contributed by atoms with E-state index in [1.54, 1.807) is 6.07 Å². The Morgan fingerprint density at radius 2 is 2.29 bits per heavy atom. The van der Waals surface area contributed by atoms with E-state index in [2.05, 4.69) is 5.32 Å². The van der Waals surface area contributed by atoms with E-state index in [0.717, 1.165) is 18.5 Å². The van der Waals surface area contributed by atoms with Crippen LogP contribution in [0.4, 0.5) is 5.69 Å². The number of rotatable bonds is 2. The van der Waals surface area contributed by atoms with Gasteiger partial charge < -0.3 is 15.8 Å². The number of carbonyl (C=O) groups is 1.